The van der Waals surface area contributed by atoms with E-state index in [1.54, 1.807) is 0 Å². The fourth-order valence-corrected chi connectivity index (χ4v) is 9.00. The number of hydrogen-bond donors (Lipinski definition) is 0. The van der Waals surface area contributed by atoms with E-state index in [9.17, 15) is 0 Å². The van der Waals surface area contributed by atoms with E-state index in [1.165, 1.54) is 78.7 Å². The minimum absolute atomic E-state index is 0.0886. The van der Waals surface area contributed by atoms with Crippen LogP contribution < -0.4 is 9.80 Å². The van der Waals surface area contributed by atoms with Crippen LogP contribution in [0.3, 0.4) is 0 Å². The number of anilines is 2. The molecule has 3 nitrogen and oxygen atoms in total. The van der Waals surface area contributed by atoms with Crippen LogP contribution in [0.25, 0.3) is 21.5 Å². The summed E-state index contributed by atoms with van der Waals surface area (Å²) in [5.74, 6) is 0. The summed E-state index contributed by atoms with van der Waals surface area (Å²) >= 11 is 0. The fraction of sp³-hybridized carbons (Fsp3) is 0.356. The van der Waals surface area contributed by atoms with Gasteiger partial charge >= 0.3 is 0 Å². The van der Waals surface area contributed by atoms with Crippen LogP contribution in [0, 0.1) is 0 Å². The van der Waals surface area contributed by atoms with Crippen LogP contribution in [0.2, 0.25) is 0 Å². The van der Waals surface area contributed by atoms with Crippen molar-refractivity contribution in [1.82, 2.24) is 0 Å². The van der Waals surface area contributed by atoms with Crippen molar-refractivity contribution in [2.45, 2.75) is 78.6 Å². The first-order valence-electron chi connectivity index (χ1n) is 18.1. The molecule has 3 aliphatic rings. The summed E-state index contributed by atoms with van der Waals surface area (Å²) < 4.78 is 2.47. The Bertz CT molecular complexity index is 1940. The molecule has 4 aromatic carbocycles. The number of hydrogen-bond acceptors (Lipinski definition) is 2. The topological polar surface area (TPSA) is 9.49 Å². The average molecular weight is 635 g/mol. The largest absolute Gasteiger partial charge is 0.344 e. The minimum atomic E-state index is -0.0886. The maximum Gasteiger partial charge on any atom is 0.206 e. The molecule has 0 saturated heterocycles. The van der Waals surface area contributed by atoms with E-state index >= 15 is 0 Å². The maximum absolute atomic E-state index is 2.54. The van der Waals surface area contributed by atoms with Gasteiger partial charge in [-0.15, -0.1) is 0 Å². The molecule has 0 N–H and O–H groups in total. The molecule has 1 aliphatic carbocycles. The van der Waals surface area contributed by atoms with Gasteiger partial charge in [-0.2, -0.15) is 0 Å². The quantitative estimate of drug-likeness (QED) is 0.202. The van der Waals surface area contributed by atoms with Gasteiger partial charge in [0.15, 0.2) is 0 Å². The van der Waals surface area contributed by atoms with E-state index in [1.807, 2.05) is 0 Å². The standard InChI is InChI=1S/C45H52N3/c1-9-46(8)43-33(25-29-39-44(4,5)41-35-21-14-12-17-31(35)23-27-37(41)47(39)10-2)19-16-20-34(43)26-30-40-45(6,7)42-36-22-15-13-18-32(36)24-28-38(42)48(40)11-3/h12-15,17-18,21-30H,9-11,16,19-20H2,1-8H3/q+1. The van der Waals surface area contributed by atoms with Crippen molar-refractivity contribution in [3.05, 3.63) is 131 Å². The molecule has 0 amide bonds. The van der Waals surface area contributed by atoms with Gasteiger partial charge in [-0.05, 0) is 97.0 Å². The van der Waals surface area contributed by atoms with Crippen molar-refractivity contribution < 1.29 is 4.58 Å². The van der Waals surface area contributed by atoms with Crippen molar-refractivity contribution in [3.63, 3.8) is 0 Å². The highest BCUT2D eigenvalue weighted by Gasteiger charge is 2.42. The molecule has 246 valence electrons. The first kappa shape index (κ1) is 32.2. The Balaban J connectivity index is 1.30. The summed E-state index contributed by atoms with van der Waals surface area (Å²) in [6.45, 7) is 19.3. The van der Waals surface area contributed by atoms with Gasteiger partial charge in [0.05, 0.1) is 0 Å². The van der Waals surface area contributed by atoms with E-state index < -0.39 is 0 Å². The predicted octanol–water partition coefficient (Wildman–Crippen LogP) is 10.8. The number of likely N-dealkylation sites (N-methyl/N-ethyl adjacent to an activating group) is 2. The highest BCUT2D eigenvalue weighted by Crippen LogP contribution is 2.52. The van der Waals surface area contributed by atoms with Crippen molar-refractivity contribution in [1.29, 1.82) is 0 Å². The van der Waals surface area contributed by atoms with Gasteiger partial charge in [0.2, 0.25) is 5.71 Å². The minimum Gasteiger partial charge on any atom is -0.344 e. The molecule has 0 atom stereocenters. The number of benzene rings is 4. The van der Waals surface area contributed by atoms with Gasteiger partial charge in [0.25, 0.3) is 0 Å². The third-order valence-electron chi connectivity index (χ3n) is 11.4. The number of nitrogens with zero attached hydrogens (tertiary/aromatic N) is 3. The van der Waals surface area contributed by atoms with Crippen LogP contribution in [0.4, 0.5) is 11.4 Å². The van der Waals surface area contributed by atoms with Crippen LogP contribution in [0.1, 0.15) is 78.9 Å². The molecule has 0 radical (unpaired) electrons. The van der Waals surface area contributed by atoms with E-state index in [0.29, 0.717) is 0 Å². The molecule has 7 rings (SSSR count). The van der Waals surface area contributed by atoms with Crippen molar-refractivity contribution in [2.75, 3.05) is 36.5 Å². The van der Waals surface area contributed by atoms with Gasteiger partial charge < -0.3 is 9.80 Å². The highest BCUT2D eigenvalue weighted by atomic mass is 15.2. The third kappa shape index (κ3) is 4.97. The Kier molecular flexibility index (Phi) is 8.22. The molecular formula is C45H52N3+. The molecule has 3 heteroatoms. The van der Waals surface area contributed by atoms with Crippen LogP contribution in [-0.4, -0.2) is 37.0 Å². The van der Waals surface area contributed by atoms with Gasteiger partial charge in [-0.1, -0.05) is 101 Å². The van der Waals surface area contributed by atoms with Crippen molar-refractivity contribution in [3.8, 4) is 0 Å². The lowest BCUT2D eigenvalue weighted by atomic mass is 9.80. The zero-order chi connectivity index (χ0) is 33.8. The zero-order valence-corrected chi connectivity index (χ0v) is 30.3. The lowest BCUT2D eigenvalue weighted by molar-refractivity contribution is -0.492. The number of rotatable bonds is 5. The Labute approximate surface area is 288 Å². The smallest absolute Gasteiger partial charge is 0.206 e. The summed E-state index contributed by atoms with van der Waals surface area (Å²) in [6, 6.07) is 27.0. The Hall–Kier alpha value is -4.37. The van der Waals surface area contributed by atoms with Crippen molar-refractivity contribution in [2.24, 2.45) is 0 Å². The second-order valence-corrected chi connectivity index (χ2v) is 14.8. The molecule has 1 fully saturated rings. The molecule has 4 aromatic rings. The lowest BCUT2D eigenvalue weighted by Gasteiger charge is -2.27. The fourth-order valence-electron chi connectivity index (χ4n) is 9.00. The molecule has 0 unspecified atom stereocenters. The molecule has 0 bridgehead atoms. The summed E-state index contributed by atoms with van der Waals surface area (Å²) in [5, 5.41) is 5.38. The van der Waals surface area contributed by atoms with Gasteiger partial charge in [-0.3, -0.25) is 0 Å². The second kappa shape index (κ2) is 12.3. The van der Waals surface area contributed by atoms with E-state index in [4.69, 9.17) is 0 Å². The summed E-state index contributed by atoms with van der Waals surface area (Å²) in [5.41, 5.74) is 12.5. The zero-order valence-electron chi connectivity index (χ0n) is 30.3. The molecule has 1 saturated carbocycles. The molecule has 2 heterocycles. The molecule has 0 spiro atoms. The van der Waals surface area contributed by atoms with Crippen molar-refractivity contribution >= 4 is 38.6 Å². The van der Waals surface area contributed by atoms with E-state index in [-0.39, 0.29) is 10.8 Å². The summed E-state index contributed by atoms with van der Waals surface area (Å²) in [4.78, 5) is 5.07. The van der Waals surface area contributed by atoms with Crippen LogP contribution in [0.15, 0.2) is 120 Å². The van der Waals surface area contributed by atoms with Crippen LogP contribution >= 0.6 is 0 Å². The Morgan fingerprint density at radius 1 is 0.604 bits per heavy atom. The lowest BCUT2D eigenvalue weighted by Crippen LogP contribution is -2.27. The molecule has 48 heavy (non-hydrogen) atoms. The van der Waals surface area contributed by atoms with E-state index in [2.05, 4.69) is 167 Å². The maximum atomic E-state index is 2.54. The molecule has 0 aromatic heterocycles. The van der Waals surface area contributed by atoms with Gasteiger partial charge in [-0.25, -0.2) is 4.58 Å². The second-order valence-electron chi connectivity index (χ2n) is 14.8. The average Bonchev–Trinajstić information content (AvgIpc) is 3.47. The first-order chi connectivity index (χ1) is 23.1. The highest BCUT2D eigenvalue weighted by molar-refractivity contribution is 6.10. The monoisotopic (exact) mass is 634 g/mol. The SMILES string of the molecule is CCN1/C(=C/C=C2\CCC/C(=C\C=C3\N(CC)c4ccc5ccccc5c4C3(C)C)C2=[N+](C)CC)C(C)(C)c2c1ccc1ccccc21. The molecule has 2 aliphatic heterocycles. The van der Waals surface area contributed by atoms with Gasteiger partial charge in [0.1, 0.15) is 13.6 Å². The third-order valence-corrected chi connectivity index (χ3v) is 11.4. The number of allylic oxidation sites excluding steroid dienone is 8. The Morgan fingerprint density at radius 2 is 1.04 bits per heavy atom. The van der Waals surface area contributed by atoms with Gasteiger partial charge in [0, 0.05) is 57.8 Å². The predicted molar refractivity (Wildman–Crippen MR) is 208 cm³/mol. The normalized spacial score (nSPS) is 21.7. The molecular weight excluding hydrogens is 583 g/mol. The van der Waals surface area contributed by atoms with Crippen LogP contribution in [0.5, 0.6) is 0 Å². The van der Waals surface area contributed by atoms with E-state index in [0.717, 1.165) is 32.5 Å². The Morgan fingerprint density at radius 3 is 1.46 bits per heavy atom. The van der Waals surface area contributed by atoms with Crippen LogP contribution in [-0.2, 0) is 10.8 Å². The summed E-state index contributed by atoms with van der Waals surface area (Å²) in [7, 11) is 2.27. The number of fused-ring (bicyclic) bond motifs is 6. The summed E-state index contributed by atoms with van der Waals surface area (Å²) in [6.07, 6.45) is 13.2. The first-order valence-corrected chi connectivity index (χ1v) is 18.1.